The molecule has 1 aliphatic rings. The molecule has 1 aliphatic heterocycles. The third kappa shape index (κ3) is 3.89. The second-order valence-electron chi connectivity index (χ2n) is 6.82. The number of nitrogens with one attached hydrogen (secondary N) is 1. The molecule has 2 amide bonds. The Morgan fingerprint density at radius 3 is 2.44 bits per heavy atom. The Bertz CT molecular complexity index is 819. The lowest BCUT2D eigenvalue weighted by molar-refractivity contribution is 0.0754. The maximum absolute atomic E-state index is 12.9. The van der Waals surface area contributed by atoms with Crippen LogP contribution < -0.4 is 5.32 Å². The lowest BCUT2D eigenvalue weighted by atomic mass is 10.1. The number of aryl methyl sites for hydroxylation is 1. The predicted molar refractivity (Wildman–Crippen MR) is 106 cm³/mol. The molecular formula is C21H28N4O2. The molecule has 0 saturated carbocycles. The fraction of sp³-hybridized carbons (Fsp3) is 0.476. The van der Waals surface area contributed by atoms with Crippen molar-refractivity contribution in [3.05, 3.63) is 47.0 Å². The van der Waals surface area contributed by atoms with Crippen LogP contribution in [0.2, 0.25) is 0 Å². The SMILES string of the molecule is CCc1ccc(NC(=O)c2nc(C(=O)N(CC)CC)n3c2CCCC3)cc1. The first-order valence-electron chi connectivity index (χ1n) is 9.87. The molecule has 0 aliphatic carbocycles. The van der Waals surface area contributed by atoms with Gasteiger partial charge in [-0.2, -0.15) is 0 Å². The van der Waals surface area contributed by atoms with Gasteiger partial charge in [-0.3, -0.25) is 9.59 Å². The van der Waals surface area contributed by atoms with Gasteiger partial charge < -0.3 is 14.8 Å². The van der Waals surface area contributed by atoms with Crippen molar-refractivity contribution >= 4 is 17.5 Å². The molecule has 0 atom stereocenters. The third-order valence-corrected chi connectivity index (χ3v) is 5.19. The Balaban J connectivity index is 1.90. The van der Waals surface area contributed by atoms with Crippen molar-refractivity contribution in [2.75, 3.05) is 18.4 Å². The summed E-state index contributed by atoms with van der Waals surface area (Å²) in [7, 11) is 0. The van der Waals surface area contributed by atoms with Gasteiger partial charge in [0.25, 0.3) is 11.8 Å². The van der Waals surface area contributed by atoms with Gasteiger partial charge in [-0.15, -0.1) is 0 Å². The van der Waals surface area contributed by atoms with Crippen molar-refractivity contribution in [3.63, 3.8) is 0 Å². The van der Waals surface area contributed by atoms with Crippen molar-refractivity contribution in [1.29, 1.82) is 0 Å². The first-order chi connectivity index (χ1) is 13.1. The zero-order valence-corrected chi connectivity index (χ0v) is 16.4. The van der Waals surface area contributed by atoms with Gasteiger partial charge in [-0.1, -0.05) is 19.1 Å². The molecule has 0 bridgehead atoms. The first kappa shape index (κ1) is 19.1. The minimum atomic E-state index is -0.247. The molecule has 1 aromatic heterocycles. The van der Waals surface area contributed by atoms with Gasteiger partial charge in [-0.05, 0) is 57.2 Å². The van der Waals surface area contributed by atoms with Crippen LogP contribution in [0.15, 0.2) is 24.3 Å². The highest BCUT2D eigenvalue weighted by atomic mass is 16.2. The fourth-order valence-electron chi connectivity index (χ4n) is 3.55. The summed E-state index contributed by atoms with van der Waals surface area (Å²) in [6.07, 6.45) is 3.74. The number of benzene rings is 1. The molecule has 27 heavy (non-hydrogen) atoms. The number of nitrogens with zero attached hydrogens (tertiary/aromatic N) is 3. The van der Waals surface area contributed by atoms with Gasteiger partial charge in [0.15, 0.2) is 11.5 Å². The third-order valence-electron chi connectivity index (χ3n) is 5.19. The van der Waals surface area contributed by atoms with Gasteiger partial charge in [-0.25, -0.2) is 4.98 Å². The fourth-order valence-corrected chi connectivity index (χ4v) is 3.55. The van der Waals surface area contributed by atoms with Gasteiger partial charge in [0.1, 0.15) is 0 Å². The summed E-state index contributed by atoms with van der Waals surface area (Å²) in [5.41, 5.74) is 3.22. The van der Waals surface area contributed by atoms with Gasteiger partial charge in [0.05, 0.1) is 5.69 Å². The van der Waals surface area contributed by atoms with Gasteiger partial charge in [0.2, 0.25) is 0 Å². The van der Waals surface area contributed by atoms with Crippen LogP contribution >= 0.6 is 0 Å². The van der Waals surface area contributed by atoms with Crippen LogP contribution in [0.25, 0.3) is 0 Å². The Hall–Kier alpha value is -2.63. The molecule has 144 valence electrons. The van der Waals surface area contributed by atoms with Crippen LogP contribution in [0.3, 0.4) is 0 Å². The van der Waals surface area contributed by atoms with Crippen molar-refractivity contribution in [3.8, 4) is 0 Å². The predicted octanol–water partition coefficient (Wildman–Crippen LogP) is 3.52. The van der Waals surface area contributed by atoms with Crippen LogP contribution in [-0.4, -0.2) is 39.4 Å². The number of anilines is 1. The number of hydrogen-bond donors (Lipinski definition) is 1. The van der Waals surface area contributed by atoms with E-state index < -0.39 is 0 Å². The second-order valence-corrected chi connectivity index (χ2v) is 6.82. The number of hydrogen-bond acceptors (Lipinski definition) is 3. The molecule has 1 N–H and O–H groups in total. The molecule has 0 saturated heterocycles. The molecule has 1 aromatic carbocycles. The normalized spacial score (nSPS) is 13.1. The van der Waals surface area contributed by atoms with Gasteiger partial charge >= 0.3 is 0 Å². The average Bonchev–Trinajstić information content (AvgIpc) is 3.09. The summed E-state index contributed by atoms with van der Waals surface area (Å²) in [5, 5.41) is 2.93. The molecule has 0 radical (unpaired) electrons. The standard InChI is InChI=1S/C21H28N4O2/c1-4-15-10-12-16(13-11-15)22-20(26)18-17-9-7-8-14-25(17)19(23-18)21(27)24(5-2)6-3/h10-13H,4-9,14H2,1-3H3,(H,22,26). The molecule has 6 nitrogen and oxygen atoms in total. The molecule has 2 heterocycles. The van der Waals surface area contributed by atoms with Crippen molar-refractivity contribution < 1.29 is 9.59 Å². The lowest BCUT2D eigenvalue weighted by Crippen LogP contribution is -2.33. The van der Waals surface area contributed by atoms with E-state index in [9.17, 15) is 9.59 Å². The van der Waals surface area contributed by atoms with Crippen molar-refractivity contribution in [1.82, 2.24) is 14.5 Å². The zero-order chi connectivity index (χ0) is 19.4. The van der Waals surface area contributed by atoms with E-state index in [4.69, 9.17) is 0 Å². The van der Waals surface area contributed by atoms with E-state index in [2.05, 4.69) is 17.2 Å². The van der Waals surface area contributed by atoms with E-state index in [1.54, 1.807) is 4.90 Å². The summed E-state index contributed by atoms with van der Waals surface area (Å²) in [6, 6.07) is 7.82. The number of aromatic nitrogens is 2. The summed E-state index contributed by atoms with van der Waals surface area (Å²) in [4.78, 5) is 32.0. The lowest BCUT2D eigenvalue weighted by Gasteiger charge is -2.21. The smallest absolute Gasteiger partial charge is 0.289 e. The second kappa shape index (κ2) is 8.37. The number of fused-ring (bicyclic) bond motifs is 1. The molecule has 0 fully saturated rings. The topological polar surface area (TPSA) is 67.2 Å². The van der Waals surface area contributed by atoms with E-state index in [0.29, 0.717) is 24.6 Å². The van der Waals surface area contributed by atoms with E-state index in [1.165, 1.54) is 5.56 Å². The molecule has 0 spiro atoms. The summed E-state index contributed by atoms with van der Waals surface area (Å²) in [5.74, 6) is 0.0397. The Labute approximate surface area is 160 Å². The van der Waals surface area contributed by atoms with Crippen molar-refractivity contribution in [2.45, 2.75) is 53.0 Å². The van der Waals surface area contributed by atoms with Crippen LogP contribution in [0, 0.1) is 0 Å². The number of amides is 2. The van der Waals surface area contributed by atoms with Crippen molar-refractivity contribution in [2.24, 2.45) is 0 Å². The highest BCUT2D eigenvalue weighted by Gasteiger charge is 2.29. The molecular weight excluding hydrogens is 340 g/mol. The number of rotatable bonds is 6. The van der Waals surface area contributed by atoms with E-state index in [1.807, 2.05) is 42.7 Å². The number of imidazole rings is 1. The summed E-state index contributed by atoms with van der Waals surface area (Å²) >= 11 is 0. The molecule has 6 heteroatoms. The van der Waals surface area contributed by atoms with Crippen LogP contribution in [0.5, 0.6) is 0 Å². The summed E-state index contributed by atoms with van der Waals surface area (Å²) < 4.78 is 1.94. The minimum absolute atomic E-state index is 0.102. The maximum Gasteiger partial charge on any atom is 0.289 e. The Morgan fingerprint density at radius 1 is 1.11 bits per heavy atom. The van der Waals surface area contributed by atoms with Gasteiger partial charge in [0, 0.05) is 25.3 Å². The quantitative estimate of drug-likeness (QED) is 0.848. The minimum Gasteiger partial charge on any atom is -0.337 e. The highest BCUT2D eigenvalue weighted by molar-refractivity contribution is 6.05. The van der Waals surface area contributed by atoms with Crippen LogP contribution in [0.4, 0.5) is 5.69 Å². The van der Waals surface area contributed by atoms with Crippen LogP contribution in [-0.2, 0) is 19.4 Å². The monoisotopic (exact) mass is 368 g/mol. The van der Waals surface area contributed by atoms with E-state index >= 15 is 0 Å². The molecule has 3 rings (SSSR count). The molecule has 2 aromatic rings. The number of carbonyl (C=O) groups is 2. The van der Waals surface area contributed by atoms with E-state index in [0.717, 1.165) is 43.6 Å². The van der Waals surface area contributed by atoms with E-state index in [-0.39, 0.29) is 11.8 Å². The zero-order valence-electron chi connectivity index (χ0n) is 16.4. The van der Waals surface area contributed by atoms with Crippen LogP contribution in [0.1, 0.15) is 66.0 Å². The summed E-state index contributed by atoms with van der Waals surface area (Å²) in [6.45, 7) is 8.00. The number of carbonyl (C=O) groups excluding carboxylic acids is 2. The highest BCUT2D eigenvalue weighted by Crippen LogP contribution is 2.23. The Kier molecular flexibility index (Phi) is 5.94. The first-order valence-corrected chi connectivity index (χ1v) is 9.87. The molecule has 0 unspecified atom stereocenters. The Morgan fingerprint density at radius 2 is 1.81 bits per heavy atom. The average molecular weight is 368 g/mol. The largest absolute Gasteiger partial charge is 0.337 e. The maximum atomic E-state index is 12.9.